The van der Waals surface area contributed by atoms with Gasteiger partial charge in [-0.1, -0.05) is 11.6 Å². The first-order valence-corrected chi connectivity index (χ1v) is 13.8. The number of rotatable bonds is 8. The van der Waals surface area contributed by atoms with Crippen LogP contribution in [-0.4, -0.2) is 60.9 Å². The maximum atomic E-state index is 12.8. The summed E-state index contributed by atoms with van der Waals surface area (Å²) in [5.74, 6) is 1.45. The molecule has 2 atom stereocenters. The van der Waals surface area contributed by atoms with Crippen molar-refractivity contribution in [2.45, 2.75) is 37.6 Å². The predicted octanol–water partition coefficient (Wildman–Crippen LogP) is 3.80. The minimum absolute atomic E-state index is 0.0152. The highest BCUT2D eigenvalue weighted by Crippen LogP contribution is 2.47. The monoisotopic (exact) mass is 571 g/mol. The topological polar surface area (TPSA) is 138 Å². The SMILES string of the molecule is CN1C(=O)CN(c2cc(C3CC3)cc3cc(CNc4cc(NC(=O)[C@H]5C[C@@H]5c5cc(Cl)ccn5)ncn4)nn23)C1=O. The number of hydrogen-bond acceptors (Lipinski definition) is 8. The summed E-state index contributed by atoms with van der Waals surface area (Å²) in [6, 6.07) is 10.8. The van der Waals surface area contributed by atoms with Crippen molar-refractivity contribution in [3.63, 3.8) is 0 Å². The Morgan fingerprint density at radius 3 is 2.66 bits per heavy atom. The molecule has 0 radical (unpaired) electrons. The van der Waals surface area contributed by atoms with Crippen LogP contribution in [0.1, 0.15) is 48.0 Å². The Labute approximate surface area is 239 Å². The van der Waals surface area contributed by atoms with Crippen molar-refractivity contribution in [2.24, 2.45) is 5.92 Å². The quantitative estimate of drug-likeness (QED) is 0.305. The van der Waals surface area contributed by atoms with E-state index in [1.54, 1.807) is 28.9 Å². The zero-order chi connectivity index (χ0) is 28.2. The van der Waals surface area contributed by atoms with Crippen molar-refractivity contribution in [3.05, 3.63) is 70.9 Å². The lowest BCUT2D eigenvalue weighted by Gasteiger charge is -2.17. The van der Waals surface area contributed by atoms with Crippen molar-refractivity contribution >= 4 is 52.4 Å². The predicted molar refractivity (Wildman–Crippen MR) is 151 cm³/mol. The van der Waals surface area contributed by atoms with E-state index in [9.17, 15) is 14.4 Å². The molecule has 1 aliphatic heterocycles. The van der Waals surface area contributed by atoms with E-state index in [-0.39, 0.29) is 36.2 Å². The van der Waals surface area contributed by atoms with Gasteiger partial charge in [0.15, 0.2) is 0 Å². The van der Waals surface area contributed by atoms with E-state index in [4.69, 9.17) is 16.7 Å². The number of nitrogens with zero attached hydrogens (tertiary/aromatic N) is 7. The lowest BCUT2D eigenvalue weighted by molar-refractivity contribution is -0.124. The third kappa shape index (κ3) is 4.95. The second kappa shape index (κ2) is 9.81. The van der Waals surface area contributed by atoms with Crippen molar-refractivity contribution in [1.29, 1.82) is 0 Å². The van der Waals surface area contributed by atoms with Crippen LogP contribution in [-0.2, 0) is 16.1 Å². The molecule has 4 aromatic heterocycles. The Kier molecular flexibility index (Phi) is 6.07. The van der Waals surface area contributed by atoms with Gasteiger partial charge >= 0.3 is 6.03 Å². The number of hydrogen-bond donors (Lipinski definition) is 2. The lowest BCUT2D eigenvalue weighted by atomic mass is 10.1. The van der Waals surface area contributed by atoms with Gasteiger partial charge in [0.25, 0.3) is 5.91 Å². The Morgan fingerprint density at radius 2 is 1.90 bits per heavy atom. The number of halogens is 1. The second-order valence-corrected chi connectivity index (χ2v) is 11.1. The summed E-state index contributed by atoms with van der Waals surface area (Å²) in [7, 11) is 1.49. The number of amides is 4. The number of carbonyl (C=O) groups excluding carboxylic acids is 3. The van der Waals surface area contributed by atoms with Crippen LogP contribution in [0.15, 0.2) is 48.9 Å². The largest absolute Gasteiger partial charge is 0.364 e. The van der Waals surface area contributed by atoms with Crippen molar-refractivity contribution in [3.8, 4) is 0 Å². The molecular weight excluding hydrogens is 546 g/mol. The first-order valence-electron chi connectivity index (χ1n) is 13.4. The van der Waals surface area contributed by atoms with Crippen LogP contribution in [0.3, 0.4) is 0 Å². The minimum atomic E-state index is -0.365. The molecule has 12 nitrogen and oxygen atoms in total. The van der Waals surface area contributed by atoms with Crippen LogP contribution in [0.5, 0.6) is 0 Å². The summed E-state index contributed by atoms with van der Waals surface area (Å²) in [5.41, 5.74) is 3.53. The number of fused-ring (bicyclic) bond motifs is 1. The average Bonchev–Trinajstić information content (AvgIpc) is 3.89. The van der Waals surface area contributed by atoms with Gasteiger partial charge in [-0.3, -0.25) is 24.4 Å². The summed E-state index contributed by atoms with van der Waals surface area (Å²) < 4.78 is 1.71. The molecule has 208 valence electrons. The molecule has 2 N–H and O–H groups in total. The van der Waals surface area contributed by atoms with Crippen LogP contribution in [0.4, 0.5) is 22.2 Å². The second-order valence-electron chi connectivity index (χ2n) is 10.7. The molecule has 4 aromatic rings. The van der Waals surface area contributed by atoms with Crippen molar-refractivity contribution in [1.82, 2.24) is 29.5 Å². The molecule has 3 aliphatic rings. The van der Waals surface area contributed by atoms with Gasteiger partial charge in [0.05, 0.1) is 17.8 Å². The number of aromatic nitrogens is 5. The zero-order valence-electron chi connectivity index (χ0n) is 22.1. The normalized spacial score (nSPS) is 20.1. The molecule has 0 bridgehead atoms. The molecule has 2 saturated carbocycles. The number of pyridine rings is 2. The van der Waals surface area contributed by atoms with Gasteiger partial charge in [0.2, 0.25) is 5.91 Å². The average molecular weight is 572 g/mol. The summed E-state index contributed by atoms with van der Waals surface area (Å²) in [6.45, 7) is 0.334. The summed E-state index contributed by atoms with van der Waals surface area (Å²) >= 11 is 6.06. The van der Waals surface area contributed by atoms with Crippen molar-refractivity contribution < 1.29 is 14.4 Å². The fraction of sp³-hybridized carbons (Fsp3) is 0.321. The maximum Gasteiger partial charge on any atom is 0.332 e. The summed E-state index contributed by atoms with van der Waals surface area (Å²) in [5, 5.41) is 11.4. The molecule has 4 amide bonds. The first-order chi connectivity index (χ1) is 19.8. The van der Waals surface area contributed by atoms with Crippen molar-refractivity contribution in [2.75, 3.05) is 29.1 Å². The number of urea groups is 1. The lowest BCUT2D eigenvalue weighted by Crippen LogP contribution is -2.31. The molecular formula is C28H26ClN9O3. The summed E-state index contributed by atoms with van der Waals surface area (Å²) in [6.07, 6.45) is 5.96. The van der Waals surface area contributed by atoms with Crippen LogP contribution in [0.25, 0.3) is 5.52 Å². The Bertz CT molecular complexity index is 1720. The highest BCUT2D eigenvalue weighted by Gasteiger charge is 2.45. The van der Waals surface area contributed by atoms with Gasteiger partial charge in [-0.2, -0.15) is 5.10 Å². The molecule has 7 rings (SSSR count). The fourth-order valence-electron chi connectivity index (χ4n) is 5.22. The number of likely N-dealkylation sites (N-methyl/N-ethyl adjacent to an activating group) is 1. The number of carbonyl (C=O) groups is 3. The van der Waals surface area contributed by atoms with E-state index in [0.717, 1.165) is 40.2 Å². The third-order valence-corrected chi connectivity index (χ3v) is 7.98. The fourth-order valence-corrected chi connectivity index (χ4v) is 5.39. The van der Waals surface area contributed by atoms with Gasteiger partial charge < -0.3 is 10.6 Å². The third-order valence-electron chi connectivity index (χ3n) is 7.74. The smallest absolute Gasteiger partial charge is 0.332 e. The van der Waals surface area contributed by atoms with Gasteiger partial charge in [-0.25, -0.2) is 19.3 Å². The Balaban J connectivity index is 1.05. The van der Waals surface area contributed by atoms with E-state index in [1.165, 1.54) is 18.3 Å². The van der Waals surface area contributed by atoms with E-state index in [0.29, 0.717) is 41.4 Å². The molecule has 5 heterocycles. The molecule has 1 saturated heterocycles. The molecule has 13 heteroatoms. The first kappa shape index (κ1) is 25.4. The van der Waals surface area contributed by atoms with Gasteiger partial charge in [-0.15, -0.1) is 0 Å². The number of anilines is 3. The van der Waals surface area contributed by atoms with Gasteiger partial charge in [0.1, 0.15) is 30.3 Å². The Hall–Kier alpha value is -4.58. The number of nitrogens with one attached hydrogen (secondary N) is 2. The molecule has 3 fully saturated rings. The van der Waals surface area contributed by atoms with Gasteiger partial charge in [-0.05, 0) is 61.1 Å². The zero-order valence-corrected chi connectivity index (χ0v) is 22.9. The minimum Gasteiger partial charge on any atom is -0.364 e. The molecule has 2 aliphatic carbocycles. The van der Waals surface area contributed by atoms with E-state index in [1.807, 2.05) is 12.1 Å². The maximum absolute atomic E-state index is 12.8. The Morgan fingerprint density at radius 1 is 1.07 bits per heavy atom. The van der Waals surface area contributed by atoms with Crippen LogP contribution in [0, 0.1) is 5.92 Å². The molecule has 0 aromatic carbocycles. The molecule has 0 unspecified atom stereocenters. The van der Waals surface area contributed by atoms with Crippen LogP contribution >= 0.6 is 11.6 Å². The number of imide groups is 1. The standard InChI is InChI=1S/C28H26ClN9O3/c1-36-26(39)13-37(28(36)41)25-7-16(15-2-3-15)6-19-9-18(35-38(19)25)12-31-23-11-24(33-14-32-23)34-27(40)21-10-20(21)22-8-17(29)4-5-30-22/h4-9,11,14-15,20-21H,2-3,10,12-13H2,1H3,(H2,31,32,33,34,40)/t20-,21-/m0/s1. The van der Waals surface area contributed by atoms with E-state index >= 15 is 0 Å². The van der Waals surface area contributed by atoms with Crippen LogP contribution < -0.4 is 15.5 Å². The highest BCUT2D eigenvalue weighted by molar-refractivity contribution is 6.30. The van der Waals surface area contributed by atoms with E-state index in [2.05, 4.69) is 31.7 Å². The van der Waals surface area contributed by atoms with Gasteiger partial charge in [0, 0.05) is 41.9 Å². The van der Waals surface area contributed by atoms with E-state index < -0.39 is 0 Å². The highest BCUT2D eigenvalue weighted by atomic mass is 35.5. The summed E-state index contributed by atoms with van der Waals surface area (Å²) in [4.78, 5) is 53.2. The van der Waals surface area contributed by atoms with Crippen LogP contribution in [0.2, 0.25) is 5.02 Å². The molecule has 41 heavy (non-hydrogen) atoms. The molecule has 0 spiro atoms.